The molecule has 0 amide bonds. The number of aromatic amines is 1. The van der Waals surface area contributed by atoms with Crippen molar-refractivity contribution >= 4 is 28.0 Å². The van der Waals surface area contributed by atoms with E-state index in [-0.39, 0.29) is 16.8 Å². The number of hydrogen-bond acceptors (Lipinski definition) is 6. The zero-order valence-electron chi connectivity index (χ0n) is 19.3. The molecular formula is C25H26N4O5. The molecule has 4 aromatic rings. The molecular weight excluding hydrogens is 436 g/mol. The van der Waals surface area contributed by atoms with Crippen molar-refractivity contribution in [3.63, 3.8) is 0 Å². The van der Waals surface area contributed by atoms with Crippen LogP contribution in [0.2, 0.25) is 0 Å². The van der Waals surface area contributed by atoms with Crippen LogP contribution in [0.25, 0.3) is 22.0 Å². The Kier molecular flexibility index (Phi) is 5.99. The maximum Gasteiger partial charge on any atom is 0.274 e. The molecule has 9 heteroatoms. The van der Waals surface area contributed by atoms with Crippen molar-refractivity contribution in [2.24, 2.45) is 7.05 Å². The second-order valence-corrected chi connectivity index (χ2v) is 9.03. The molecule has 2 aromatic heterocycles. The maximum atomic E-state index is 12.9. The number of nitro benzene ring substituents is 1. The monoisotopic (exact) mass is 462 g/mol. The molecule has 1 unspecified atom stereocenters. The number of non-ortho nitro benzene ring substituents is 1. The first kappa shape index (κ1) is 23.2. The highest BCUT2D eigenvalue weighted by molar-refractivity contribution is 5.99. The number of ether oxygens (including phenoxy) is 1. The van der Waals surface area contributed by atoms with E-state index in [0.29, 0.717) is 27.9 Å². The van der Waals surface area contributed by atoms with E-state index in [4.69, 9.17) is 4.74 Å². The summed E-state index contributed by atoms with van der Waals surface area (Å²) < 4.78 is 7.04. The van der Waals surface area contributed by atoms with Gasteiger partial charge >= 0.3 is 0 Å². The van der Waals surface area contributed by atoms with Gasteiger partial charge in [0, 0.05) is 53.3 Å². The lowest BCUT2D eigenvalue weighted by Gasteiger charge is -2.23. The van der Waals surface area contributed by atoms with E-state index in [0.717, 1.165) is 5.69 Å². The molecule has 0 saturated carbocycles. The zero-order valence-corrected chi connectivity index (χ0v) is 19.3. The molecule has 0 fully saturated rings. The van der Waals surface area contributed by atoms with Gasteiger partial charge in [-0.15, -0.1) is 0 Å². The summed E-state index contributed by atoms with van der Waals surface area (Å²) >= 11 is 0. The number of aromatic nitrogens is 2. The first-order valence-electron chi connectivity index (χ1n) is 10.7. The maximum absolute atomic E-state index is 12.9. The van der Waals surface area contributed by atoms with Crippen molar-refractivity contribution in [2.45, 2.75) is 32.7 Å². The van der Waals surface area contributed by atoms with Crippen LogP contribution in [0.1, 0.15) is 32.8 Å². The Morgan fingerprint density at radius 1 is 1.12 bits per heavy atom. The fourth-order valence-corrected chi connectivity index (χ4v) is 3.76. The summed E-state index contributed by atoms with van der Waals surface area (Å²) in [4.78, 5) is 26.9. The fraction of sp³-hybridized carbons (Fsp3) is 0.240. The molecule has 0 bridgehead atoms. The lowest BCUT2D eigenvalue weighted by Crippen LogP contribution is -2.22. The Balaban J connectivity index is 1.93. The highest BCUT2D eigenvalue weighted by atomic mass is 16.6. The predicted molar refractivity (Wildman–Crippen MR) is 131 cm³/mol. The second-order valence-electron chi connectivity index (χ2n) is 9.03. The Morgan fingerprint density at radius 2 is 1.82 bits per heavy atom. The fourth-order valence-electron chi connectivity index (χ4n) is 3.76. The van der Waals surface area contributed by atoms with Crippen LogP contribution in [0, 0.1) is 10.1 Å². The quantitative estimate of drug-likeness (QED) is 0.211. The Hall–Kier alpha value is -3.95. The van der Waals surface area contributed by atoms with Crippen LogP contribution in [0.3, 0.4) is 0 Å². The van der Waals surface area contributed by atoms with Gasteiger partial charge in [0.15, 0.2) is 6.29 Å². The summed E-state index contributed by atoms with van der Waals surface area (Å²) in [7, 11) is 1.61. The number of nitrogens with zero attached hydrogens (tertiary/aromatic N) is 2. The average molecular weight is 463 g/mol. The summed E-state index contributed by atoms with van der Waals surface area (Å²) in [5.41, 5.74) is 2.16. The van der Waals surface area contributed by atoms with Crippen LogP contribution in [0.15, 0.2) is 65.6 Å². The van der Waals surface area contributed by atoms with Crippen LogP contribution in [-0.2, 0) is 11.8 Å². The van der Waals surface area contributed by atoms with Gasteiger partial charge in [-0.3, -0.25) is 14.9 Å². The molecule has 0 spiro atoms. The molecule has 2 aromatic carbocycles. The number of aliphatic hydroxyl groups excluding tert-OH is 1. The Morgan fingerprint density at radius 3 is 2.47 bits per heavy atom. The Labute approximate surface area is 195 Å². The van der Waals surface area contributed by atoms with Gasteiger partial charge < -0.3 is 24.7 Å². The number of nitro groups is 1. The van der Waals surface area contributed by atoms with Gasteiger partial charge in [-0.25, -0.2) is 0 Å². The predicted octanol–water partition coefficient (Wildman–Crippen LogP) is 4.99. The number of nitrogens with one attached hydrogen (secondary N) is 2. The third kappa shape index (κ3) is 4.70. The third-order valence-corrected chi connectivity index (χ3v) is 5.27. The largest absolute Gasteiger partial charge is 0.363 e. The summed E-state index contributed by atoms with van der Waals surface area (Å²) in [5.74, 6) is 0. The second kappa shape index (κ2) is 8.77. The number of H-pyrrole nitrogens is 1. The average Bonchev–Trinajstić information content (AvgIpc) is 3.22. The number of pyridine rings is 1. The minimum atomic E-state index is -1.28. The normalized spacial score (nSPS) is 12.6. The van der Waals surface area contributed by atoms with Crippen LogP contribution in [0.4, 0.5) is 17.1 Å². The number of aliphatic hydroxyl groups is 1. The topological polar surface area (TPSA) is 122 Å². The zero-order chi connectivity index (χ0) is 24.6. The summed E-state index contributed by atoms with van der Waals surface area (Å²) in [6, 6.07) is 15.6. The molecule has 176 valence electrons. The van der Waals surface area contributed by atoms with Crippen molar-refractivity contribution in [1.29, 1.82) is 0 Å². The Bertz CT molecular complexity index is 1420. The molecule has 3 N–H and O–H groups in total. The highest BCUT2D eigenvalue weighted by Gasteiger charge is 2.23. The molecule has 0 aliphatic carbocycles. The molecule has 0 saturated heterocycles. The van der Waals surface area contributed by atoms with Crippen molar-refractivity contribution < 1.29 is 14.8 Å². The van der Waals surface area contributed by atoms with Gasteiger partial charge in [-0.2, -0.15) is 0 Å². The first-order valence-corrected chi connectivity index (χ1v) is 10.7. The minimum Gasteiger partial charge on any atom is -0.363 e. The van der Waals surface area contributed by atoms with Crippen molar-refractivity contribution in [2.75, 3.05) is 5.32 Å². The van der Waals surface area contributed by atoms with Gasteiger partial charge in [-0.1, -0.05) is 18.2 Å². The number of para-hydroxylation sites is 1. The van der Waals surface area contributed by atoms with Gasteiger partial charge in [0.05, 0.1) is 16.2 Å². The number of rotatable bonds is 6. The van der Waals surface area contributed by atoms with E-state index in [1.165, 1.54) is 16.7 Å². The van der Waals surface area contributed by atoms with Gasteiger partial charge in [-0.05, 0) is 45.0 Å². The summed E-state index contributed by atoms with van der Waals surface area (Å²) in [5, 5.41) is 25.9. The molecule has 1 atom stereocenters. The van der Waals surface area contributed by atoms with E-state index in [1.54, 1.807) is 25.4 Å². The SMILES string of the molecule is Cn1cc(-c2cc([N+](=O)[O-])ccc2Nc2ccccc2)c2cc(C(O)OC(C)(C)C)[nH]c2c1=O. The van der Waals surface area contributed by atoms with Gasteiger partial charge in [0.1, 0.15) is 5.52 Å². The molecule has 2 heterocycles. The molecule has 0 aliphatic rings. The molecule has 4 rings (SSSR count). The van der Waals surface area contributed by atoms with E-state index < -0.39 is 16.8 Å². The number of benzene rings is 2. The standard InChI is InChI=1S/C25H26N4O5/c1-25(2,3)34-24(31)21-13-18-19(14-28(4)23(30)22(18)27-21)17-12-16(29(32)33)10-11-20(17)26-15-8-6-5-7-9-15/h5-14,24,26-27,31H,1-4H3. The smallest absolute Gasteiger partial charge is 0.274 e. The summed E-state index contributed by atoms with van der Waals surface area (Å²) in [6.45, 7) is 5.44. The van der Waals surface area contributed by atoms with Gasteiger partial charge in [0.25, 0.3) is 11.2 Å². The lowest BCUT2D eigenvalue weighted by atomic mass is 10.0. The summed E-state index contributed by atoms with van der Waals surface area (Å²) in [6.07, 6.45) is 0.353. The van der Waals surface area contributed by atoms with Crippen molar-refractivity contribution in [3.05, 3.63) is 87.0 Å². The molecule has 34 heavy (non-hydrogen) atoms. The molecule has 0 radical (unpaired) electrons. The number of anilines is 2. The van der Waals surface area contributed by atoms with Crippen molar-refractivity contribution in [1.82, 2.24) is 9.55 Å². The van der Waals surface area contributed by atoms with E-state index >= 15 is 0 Å². The van der Waals surface area contributed by atoms with Crippen LogP contribution < -0.4 is 10.9 Å². The van der Waals surface area contributed by atoms with Crippen molar-refractivity contribution in [3.8, 4) is 11.1 Å². The third-order valence-electron chi connectivity index (χ3n) is 5.27. The van der Waals surface area contributed by atoms with Crippen LogP contribution in [0.5, 0.6) is 0 Å². The molecule has 0 aliphatic heterocycles. The van der Waals surface area contributed by atoms with E-state index in [2.05, 4.69) is 10.3 Å². The molecule has 9 nitrogen and oxygen atoms in total. The minimum absolute atomic E-state index is 0.0810. The van der Waals surface area contributed by atoms with E-state index in [9.17, 15) is 20.0 Å². The van der Waals surface area contributed by atoms with Crippen LogP contribution >= 0.6 is 0 Å². The highest BCUT2D eigenvalue weighted by Crippen LogP contribution is 2.37. The number of aryl methyl sites for hydroxylation is 1. The first-order chi connectivity index (χ1) is 16.0. The lowest BCUT2D eigenvalue weighted by molar-refractivity contribution is -0.384. The van der Waals surface area contributed by atoms with Crippen LogP contribution in [-0.4, -0.2) is 25.2 Å². The number of fused-ring (bicyclic) bond motifs is 1. The van der Waals surface area contributed by atoms with E-state index in [1.807, 2.05) is 51.1 Å². The number of hydrogen-bond donors (Lipinski definition) is 3. The van der Waals surface area contributed by atoms with Gasteiger partial charge in [0.2, 0.25) is 0 Å².